The molecule has 2 nitrogen and oxygen atoms in total. The van der Waals surface area contributed by atoms with Gasteiger partial charge >= 0.3 is 0 Å². The predicted octanol–water partition coefficient (Wildman–Crippen LogP) is 0.747. The Morgan fingerprint density at radius 2 is 2.11 bits per heavy atom. The van der Waals surface area contributed by atoms with Gasteiger partial charge in [-0.15, -0.1) is 11.6 Å². The number of alkyl halides is 1. The predicted molar refractivity (Wildman–Crippen MR) is 37.6 cm³/mol. The lowest BCUT2D eigenvalue weighted by Gasteiger charge is -2.12. The quantitative estimate of drug-likeness (QED) is 0.584. The van der Waals surface area contributed by atoms with Crippen molar-refractivity contribution < 1.29 is 10.2 Å². The van der Waals surface area contributed by atoms with Crippen LogP contribution in [0.15, 0.2) is 0 Å². The van der Waals surface area contributed by atoms with Gasteiger partial charge in [0, 0.05) is 6.61 Å². The fourth-order valence-electron chi connectivity index (χ4n) is 0.585. The van der Waals surface area contributed by atoms with Crippen LogP contribution in [0.4, 0.5) is 0 Å². The van der Waals surface area contributed by atoms with E-state index in [4.69, 9.17) is 21.8 Å². The van der Waals surface area contributed by atoms with Gasteiger partial charge in [-0.2, -0.15) is 0 Å². The zero-order valence-electron chi connectivity index (χ0n) is 5.55. The second-order valence-electron chi connectivity index (χ2n) is 2.00. The lowest BCUT2D eigenvalue weighted by atomic mass is 10.1. The van der Waals surface area contributed by atoms with Gasteiger partial charge in [0.05, 0.1) is 11.5 Å². The Morgan fingerprint density at radius 1 is 1.56 bits per heavy atom. The molecule has 0 fully saturated rings. The van der Waals surface area contributed by atoms with Crippen molar-refractivity contribution in [3.05, 3.63) is 0 Å². The Hall–Kier alpha value is 0.210. The largest absolute Gasteiger partial charge is 0.396 e. The average Bonchev–Trinajstić information content (AvgIpc) is 1.87. The molecule has 0 spiro atoms. The van der Waals surface area contributed by atoms with Crippen molar-refractivity contribution >= 4 is 11.6 Å². The van der Waals surface area contributed by atoms with Crippen molar-refractivity contribution in [2.75, 3.05) is 6.61 Å². The van der Waals surface area contributed by atoms with E-state index in [1.807, 2.05) is 6.92 Å². The molecule has 0 aliphatic carbocycles. The monoisotopic (exact) mass is 152 g/mol. The molecule has 0 amide bonds. The maximum Gasteiger partial charge on any atom is 0.0725 e. The summed E-state index contributed by atoms with van der Waals surface area (Å²) in [4.78, 5) is 0. The van der Waals surface area contributed by atoms with E-state index in [0.717, 1.165) is 6.42 Å². The first-order valence-electron chi connectivity index (χ1n) is 3.15. The summed E-state index contributed by atoms with van der Waals surface area (Å²) in [5.41, 5.74) is 0. The van der Waals surface area contributed by atoms with Crippen LogP contribution in [0.2, 0.25) is 0 Å². The van der Waals surface area contributed by atoms with Crippen LogP contribution < -0.4 is 0 Å². The third-order valence-corrected chi connectivity index (χ3v) is 1.83. The molecular formula is C6H13ClO2. The molecule has 0 radical (unpaired) electrons. The Kier molecular flexibility index (Phi) is 5.15. The maximum atomic E-state index is 9.03. The van der Waals surface area contributed by atoms with Crippen LogP contribution in [0.1, 0.15) is 19.8 Å². The Bertz CT molecular complexity index is 68.1. The van der Waals surface area contributed by atoms with E-state index in [2.05, 4.69) is 0 Å². The lowest BCUT2D eigenvalue weighted by molar-refractivity contribution is 0.127. The minimum Gasteiger partial charge on any atom is -0.396 e. The van der Waals surface area contributed by atoms with Crippen molar-refractivity contribution in [1.82, 2.24) is 0 Å². The molecule has 0 bridgehead atoms. The molecule has 2 N–H and O–H groups in total. The van der Waals surface area contributed by atoms with E-state index in [-0.39, 0.29) is 12.0 Å². The zero-order valence-corrected chi connectivity index (χ0v) is 6.30. The minimum atomic E-state index is -0.554. The second kappa shape index (κ2) is 5.03. The molecule has 0 saturated carbocycles. The second-order valence-corrected chi connectivity index (χ2v) is 2.56. The van der Waals surface area contributed by atoms with Gasteiger partial charge in [0.15, 0.2) is 0 Å². The number of hydrogen-bond acceptors (Lipinski definition) is 2. The van der Waals surface area contributed by atoms with E-state index in [1.54, 1.807) is 0 Å². The summed E-state index contributed by atoms with van der Waals surface area (Å²) >= 11 is 5.63. The SMILES string of the molecule is CCC(Cl)C(O)CCO. The summed E-state index contributed by atoms with van der Waals surface area (Å²) in [6.07, 6.45) is 0.562. The van der Waals surface area contributed by atoms with Crippen LogP contribution in [-0.4, -0.2) is 28.3 Å². The molecule has 0 aromatic carbocycles. The lowest BCUT2D eigenvalue weighted by Crippen LogP contribution is -2.20. The Labute approximate surface area is 60.5 Å². The van der Waals surface area contributed by atoms with E-state index in [0.29, 0.717) is 6.42 Å². The molecule has 2 atom stereocenters. The molecular weight excluding hydrogens is 140 g/mol. The van der Waals surface area contributed by atoms with Crippen LogP contribution >= 0.6 is 11.6 Å². The van der Waals surface area contributed by atoms with Crippen LogP contribution in [-0.2, 0) is 0 Å². The smallest absolute Gasteiger partial charge is 0.0725 e. The first-order valence-corrected chi connectivity index (χ1v) is 3.59. The Morgan fingerprint density at radius 3 is 2.44 bits per heavy atom. The van der Waals surface area contributed by atoms with E-state index in [1.165, 1.54) is 0 Å². The van der Waals surface area contributed by atoms with Crippen LogP contribution in [0.3, 0.4) is 0 Å². The van der Waals surface area contributed by atoms with Crippen molar-refractivity contribution in [2.45, 2.75) is 31.2 Å². The number of halogens is 1. The van der Waals surface area contributed by atoms with Gasteiger partial charge in [-0.1, -0.05) is 6.92 Å². The van der Waals surface area contributed by atoms with Gasteiger partial charge in [-0.3, -0.25) is 0 Å². The number of aliphatic hydroxyl groups excluding tert-OH is 2. The summed E-state index contributed by atoms with van der Waals surface area (Å²) in [7, 11) is 0. The summed E-state index contributed by atoms with van der Waals surface area (Å²) in [6.45, 7) is 1.91. The van der Waals surface area contributed by atoms with Gasteiger partial charge in [-0.25, -0.2) is 0 Å². The van der Waals surface area contributed by atoms with Crippen molar-refractivity contribution in [2.24, 2.45) is 0 Å². The summed E-state index contributed by atoms with van der Waals surface area (Å²) < 4.78 is 0. The molecule has 0 saturated heterocycles. The standard InChI is InChI=1S/C6H13ClO2/c1-2-5(7)6(9)3-4-8/h5-6,8-9H,2-4H2,1H3. The minimum absolute atomic E-state index is 0.00435. The summed E-state index contributed by atoms with van der Waals surface area (Å²) in [5.74, 6) is 0. The molecule has 56 valence electrons. The van der Waals surface area contributed by atoms with Crippen molar-refractivity contribution in [1.29, 1.82) is 0 Å². The fraction of sp³-hybridized carbons (Fsp3) is 1.00. The summed E-state index contributed by atoms with van der Waals surface area (Å²) in [6, 6.07) is 0. The van der Waals surface area contributed by atoms with Gasteiger partial charge in [-0.05, 0) is 12.8 Å². The molecule has 2 unspecified atom stereocenters. The molecule has 0 aromatic heterocycles. The van der Waals surface area contributed by atoms with Crippen molar-refractivity contribution in [3.8, 4) is 0 Å². The molecule has 9 heavy (non-hydrogen) atoms. The van der Waals surface area contributed by atoms with Gasteiger partial charge in [0.25, 0.3) is 0 Å². The fourth-order valence-corrected chi connectivity index (χ4v) is 0.711. The number of aliphatic hydroxyl groups is 2. The molecule has 3 heteroatoms. The van der Waals surface area contributed by atoms with E-state index in [9.17, 15) is 0 Å². The zero-order chi connectivity index (χ0) is 7.28. The molecule has 0 heterocycles. The first-order chi connectivity index (χ1) is 4.22. The highest BCUT2D eigenvalue weighted by Gasteiger charge is 2.12. The van der Waals surface area contributed by atoms with Crippen LogP contribution in [0.5, 0.6) is 0 Å². The molecule has 0 aliphatic rings. The van der Waals surface area contributed by atoms with E-state index < -0.39 is 6.10 Å². The highest BCUT2D eigenvalue weighted by atomic mass is 35.5. The molecule has 0 aromatic rings. The molecule has 0 aliphatic heterocycles. The highest BCUT2D eigenvalue weighted by Crippen LogP contribution is 2.09. The number of hydrogen-bond donors (Lipinski definition) is 2. The number of rotatable bonds is 4. The van der Waals surface area contributed by atoms with Crippen molar-refractivity contribution in [3.63, 3.8) is 0 Å². The van der Waals surface area contributed by atoms with Gasteiger partial charge < -0.3 is 10.2 Å². The van der Waals surface area contributed by atoms with Gasteiger partial charge in [0.2, 0.25) is 0 Å². The molecule has 0 rings (SSSR count). The van der Waals surface area contributed by atoms with Crippen LogP contribution in [0.25, 0.3) is 0 Å². The van der Waals surface area contributed by atoms with E-state index >= 15 is 0 Å². The van der Waals surface area contributed by atoms with Gasteiger partial charge in [0.1, 0.15) is 0 Å². The third kappa shape index (κ3) is 3.73. The Balaban J connectivity index is 3.32. The normalized spacial score (nSPS) is 17.3. The van der Waals surface area contributed by atoms with Crippen LogP contribution in [0, 0.1) is 0 Å². The highest BCUT2D eigenvalue weighted by molar-refractivity contribution is 6.20. The topological polar surface area (TPSA) is 40.5 Å². The average molecular weight is 153 g/mol. The maximum absolute atomic E-state index is 9.03. The summed E-state index contributed by atoms with van der Waals surface area (Å²) in [5, 5.41) is 17.2. The third-order valence-electron chi connectivity index (χ3n) is 1.23. The first kappa shape index (κ1) is 9.21.